The molecule has 0 bridgehead atoms. The first-order valence-electron chi connectivity index (χ1n) is 10.1. The number of carbonyl (C=O) groups is 1. The molecule has 0 amide bonds. The highest BCUT2D eigenvalue weighted by atomic mass is 16.5. The second-order valence-corrected chi connectivity index (χ2v) is 8.79. The average Bonchev–Trinajstić information content (AvgIpc) is 2.71. The number of Topliss-reactive ketones (excluding diaryl/α,β-unsaturated/α-hetero) is 1. The highest BCUT2D eigenvalue weighted by Gasteiger charge is 2.42. The van der Waals surface area contributed by atoms with Gasteiger partial charge < -0.3 is 9.47 Å². The Labute approximate surface area is 171 Å². The Bertz CT molecular complexity index is 1160. The van der Waals surface area contributed by atoms with Crippen LogP contribution in [-0.4, -0.2) is 12.9 Å². The molecule has 1 aliphatic heterocycles. The fourth-order valence-electron chi connectivity index (χ4n) is 4.76. The molecule has 29 heavy (non-hydrogen) atoms. The van der Waals surface area contributed by atoms with Crippen molar-refractivity contribution in [1.82, 2.24) is 0 Å². The van der Waals surface area contributed by atoms with Crippen LogP contribution in [0, 0.1) is 5.41 Å². The normalized spacial score (nSPS) is 20.1. The number of fused-ring (bicyclic) bond motifs is 3. The van der Waals surface area contributed by atoms with E-state index in [4.69, 9.17) is 9.47 Å². The highest BCUT2D eigenvalue weighted by Crippen LogP contribution is 2.52. The summed E-state index contributed by atoms with van der Waals surface area (Å²) in [5.41, 5.74) is 2.90. The van der Waals surface area contributed by atoms with Gasteiger partial charge in [0.15, 0.2) is 5.78 Å². The van der Waals surface area contributed by atoms with Gasteiger partial charge in [-0.2, -0.15) is 0 Å². The van der Waals surface area contributed by atoms with Crippen LogP contribution in [-0.2, 0) is 4.79 Å². The summed E-state index contributed by atoms with van der Waals surface area (Å²) in [4.78, 5) is 13.3. The van der Waals surface area contributed by atoms with Crippen LogP contribution in [0.2, 0.25) is 0 Å². The smallest absolute Gasteiger partial charge is 0.163 e. The number of ether oxygens (including phenoxy) is 2. The molecular formula is C26H24O3. The quantitative estimate of drug-likeness (QED) is 0.542. The first kappa shape index (κ1) is 18.0. The molecular weight excluding hydrogens is 360 g/mol. The van der Waals surface area contributed by atoms with Crippen LogP contribution < -0.4 is 9.47 Å². The monoisotopic (exact) mass is 384 g/mol. The molecule has 1 unspecified atom stereocenters. The summed E-state index contributed by atoms with van der Waals surface area (Å²) in [6, 6.07) is 20.5. The summed E-state index contributed by atoms with van der Waals surface area (Å²) in [5.74, 6) is 2.53. The van der Waals surface area contributed by atoms with Crippen molar-refractivity contribution >= 4 is 16.6 Å². The highest BCUT2D eigenvalue weighted by molar-refractivity contribution is 6.02. The maximum absolute atomic E-state index is 13.3. The Kier molecular flexibility index (Phi) is 4.02. The summed E-state index contributed by atoms with van der Waals surface area (Å²) in [6.07, 6.45) is 1.31. The summed E-state index contributed by atoms with van der Waals surface area (Å²) < 4.78 is 11.9. The fraction of sp³-hybridized carbons (Fsp3) is 0.269. The Morgan fingerprint density at radius 1 is 1.00 bits per heavy atom. The molecule has 3 heteroatoms. The third-order valence-electron chi connectivity index (χ3n) is 6.05. The lowest BCUT2D eigenvalue weighted by atomic mass is 9.69. The van der Waals surface area contributed by atoms with E-state index in [0.29, 0.717) is 6.42 Å². The zero-order valence-corrected chi connectivity index (χ0v) is 17.0. The van der Waals surface area contributed by atoms with E-state index in [9.17, 15) is 4.79 Å². The van der Waals surface area contributed by atoms with E-state index in [2.05, 4.69) is 44.2 Å². The average molecular weight is 384 g/mol. The minimum atomic E-state index is -0.130. The standard InChI is InChI=1S/C26H24O3/c1-26(2)14-20(27)25-22(15-26)29-21-12-10-16-9-11-18(28-3)13-19(16)24(21)23(25)17-7-5-4-6-8-17/h4-13,23H,14-15H2,1-3H3. The van der Waals surface area contributed by atoms with Crippen LogP contribution in [0.1, 0.15) is 43.7 Å². The molecule has 146 valence electrons. The number of benzene rings is 3. The Morgan fingerprint density at radius 2 is 1.76 bits per heavy atom. The number of ketones is 1. The van der Waals surface area contributed by atoms with Gasteiger partial charge in [-0.25, -0.2) is 0 Å². The van der Waals surface area contributed by atoms with E-state index in [-0.39, 0.29) is 17.1 Å². The Balaban J connectivity index is 1.82. The molecule has 0 N–H and O–H groups in total. The number of carbonyl (C=O) groups excluding carboxylic acids is 1. The lowest BCUT2D eigenvalue weighted by Gasteiger charge is -2.38. The van der Waals surface area contributed by atoms with Crippen LogP contribution >= 0.6 is 0 Å². The maximum Gasteiger partial charge on any atom is 0.163 e. The van der Waals surface area contributed by atoms with Crippen molar-refractivity contribution in [1.29, 1.82) is 0 Å². The van der Waals surface area contributed by atoms with Gasteiger partial charge in [-0.05, 0) is 39.9 Å². The van der Waals surface area contributed by atoms with Crippen LogP contribution in [0.5, 0.6) is 11.5 Å². The first-order valence-corrected chi connectivity index (χ1v) is 10.1. The molecule has 0 saturated carbocycles. The predicted octanol–water partition coefficient (Wildman–Crippen LogP) is 6.02. The van der Waals surface area contributed by atoms with Gasteiger partial charge in [0.05, 0.1) is 7.11 Å². The van der Waals surface area contributed by atoms with E-state index in [1.54, 1.807) is 7.11 Å². The molecule has 1 heterocycles. The van der Waals surface area contributed by atoms with Crippen molar-refractivity contribution in [3.05, 3.63) is 83.1 Å². The molecule has 3 aromatic rings. The second kappa shape index (κ2) is 6.48. The lowest BCUT2D eigenvalue weighted by molar-refractivity contribution is -0.118. The van der Waals surface area contributed by atoms with Crippen molar-refractivity contribution in [3.63, 3.8) is 0 Å². The number of rotatable bonds is 2. The molecule has 0 fully saturated rings. The molecule has 1 aliphatic carbocycles. The van der Waals surface area contributed by atoms with Crippen molar-refractivity contribution in [2.24, 2.45) is 5.41 Å². The van der Waals surface area contributed by atoms with Crippen molar-refractivity contribution in [2.45, 2.75) is 32.6 Å². The van der Waals surface area contributed by atoms with Gasteiger partial charge >= 0.3 is 0 Å². The summed E-state index contributed by atoms with van der Waals surface area (Å²) in [5, 5.41) is 2.18. The second-order valence-electron chi connectivity index (χ2n) is 8.79. The summed E-state index contributed by atoms with van der Waals surface area (Å²) in [6.45, 7) is 4.27. The van der Waals surface area contributed by atoms with E-state index in [1.165, 1.54) is 0 Å². The number of allylic oxidation sites excluding steroid dienone is 2. The van der Waals surface area contributed by atoms with E-state index in [0.717, 1.165) is 51.2 Å². The van der Waals surface area contributed by atoms with Crippen LogP contribution in [0.3, 0.4) is 0 Å². The number of hydrogen-bond acceptors (Lipinski definition) is 3. The van der Waals surface area contributed by atoms with Crippen molar-refractivity contribution in [3.8, 4) is 11.5 Å². The molecule has 0 radical (unpaired) electrons. The van der Waals surface area contributed by atoms with Crippen molar-refractivity contribution < 1.29 is 14.3 Å². The minimum absolute atomic E-state index is 0.0886. The SMILES string of the molecule is COc1ccc2ccc3c(c2c1)C(c1ccccc1)C1=C(CC(C)(C)CC1=O)O3. The van der Waals surface area contributed by atoms with Gasteiger partial charge in [0.1, 0.15) is 17.3 Å². The number of methoxy groups -OCH3 is 1. The van der Waals surface area contributed by atoms with Crippen LogP contribution in [0.4, 0.5) is 0 Å². The molecule has 1 atom stereocenters. The molecule has 0 saturated heterocycles. The summed E-state index contributed by atoms with van der Waals surface area (Å²) >= 11 is 0. The first-order chi connectivity index (χ1) is 14.0. The Morgan fingerprint density at radius 3 is 2.52 bits per heavy atom. The molecule has 3 aromatic carbocycles. The summed E-state index contributed by atoms with van der Waals surface area (Å²) in [7, 11) is 1.68. The third-order valence-corrected chi connectivity index (χ3v) is 6.05. The van der Waals surface area contributed by atoms with E-state index < -0.39 is 0 Å². The molecule has 3 nitrogen and oxygen atoms in total. The van der Waals surface area contributed by atoms with Crippen LogP contribution in [0.25, 0.3) is 10.8 Å². The Hall–Kier alpha value is -3.07. The third kappa shape index (κ3) is 2.93. The number of hydrogen-bond donors (Lipinski definition) is 0. The van der Waals surface area contributed by atoms with Gasteiger partial charge in [0.2, 0.25) is 0 Å². The molecule has 0 spiro atoms. The minimum Gasteiger partial charge on any atom is -0.497 e. The predicted molar refractivity (Wildman–Crippen MR) is 114 cm³/mol. The van der Waals surface area contributed by atoms with Gasteiger partial charge in [-0.1, -0.05) is 56.3 Å². The molecule has 2 aliphatic rings. The van der Waals surface area contributed by atoms with E-state index in [1.807, 2.05) is 30.3 Å². The molecule has 0 aromatic heterocycles. The van der Waals surface area contributed by atoms with Gasteiger partial charge in [0.25, 0.3) is 0 Å². The molecule has 5 rings (SSSR count). The van der Waals surface area contributed by atoms with Gasteiger partial charge in [-0.3, -0.25) is 4.79 Å². The van der Waals surface area contributed by atoms with Gasteiger partial charge in [-0.15, -0.1) is 0 Å². The zero-order valence-electron chi connectivity index (χ0n) is 17.0. The van der Waals surface area contributed by atoms with Crippen molar-refractivity contribution in [2.75, 3.05) is 7.11 Å². The topological polar surface area (TPSA) is 35.5 Å². The van der Waals surface area contributed by atoms with Crippen LogP contribution in [0.15, 0.2) is 72.0 Å². The van der Waals surface area contributed by atoms with Gasteiger partial charge in [0, 0.05) is 29.9 Å². The van der Waals surface area contributed by atoms with E-state index >= 15 is 0 Å². The largest absolute Gasteiger partial charge is 0.497 e. The fourth-order valence-corrected chi connectivity index (χ4v) is 4.76. The maximum atomic E-state index is 13.3. The lowest BCUT2D eigenvalue weighted by Crippen LogP contribution is -2.33. The zero-order chi connectivity index (χ0) is 20.2.